The zero-order chi connectivity index (χ0) is 24.3. The molecule has 0 saturated heterocycles. The Balaban J connectivity index is 1.40. The van der Waals surface area contributed by atoms with Gasteiger partial charge in [0.1, 0.15) is 18.1 Å². The van der Waals surface area contributed by atoms with Crippen LogP contribution >= 0.6 is 0 Å². The lowest BCUT2D eigenvalue weighted by atomic mass is 10.0. The van der Waals surface area contributed by atoms with Gasteiger partial charge in [0, 0.05) is 46.2 Å². The average molecular weight is 479 g/mol. The van der Waals surface area contributed by atoms with Crippen molar-refractivity contribution >= 4 is 33.4 Å². The van der Waals surface area contributed by atoms with Crippen LogP contribution < -0.4 is 10.5 Å². The summed E-state index contributed by atoms with van der Waals surface area (Å²) >= 11 is 0. The molecule has 2 aliphatic rings. The number of anilines is 1. The normalized spacial score (nSPS) is 17.4. The van der Waals surface area contributed by atoms with Crippen molar-refractivity contribution in [3.8, 4) is 5.88 Å². The molecule has 4 aromatic rings. The largest absolute Gasteiger partial charge is 0.475 e. The molecule has 4 heterocycles. The maximum absolute atomic E-state index is 13.8. The Kier molecular flexibility index (Phi) is 4.80. The minimum atomic E-state index is -4.57. The van der Waals surface area contributed by atoms with Crippen molar-refractivity contribution in [1.29, 1.82) is 0 Å². The number of amides is 1. The SMILES string of the molecule is Nc1nc2ccc(C(=O)N(CC3CC3)C3COc4nc(C(F)(F)F)ccc43)cc2c2cnccc12. The number of hydrogen-bond donors (Lipinski definition) is 1. The second kappa shape index (κ2) is 7.79. The van der Waals surface area contributed by atoms with E-state index in [0.29, 0.717) is 34.9 Å². The number of alkyl halides is 3. The summed E-state index contributed by atoms with van der Waals surface area (Å²) in [5.41, 5.74) is 6.65. The van der Waals surface area contributed by atoms with E-state index in [0.717, 1.165) is 35.1 Å². The van der Waals surface area contributed by atoms with Crippen molar-refractivity contribution < 1.29 is 22.7 Å². The highest BCUT2D eigenvalue weighted by molar-refractivity contribution is 6.11. The van der Waals surface area contributed by atoms with Crippen LogP contribution in [0.3, 0.4) is 0 Å². The lowest BCUT2D eigenvalue weighted by Gasteiger charge is -2.28. The second-order valence-electron chi connectivity index (χ2n) is 8.97. The molecule has 1 fully saturated rings. The van der Waals surface area contributed by atoms with Gasteiger partial charge in [0.25, 0.3) is 5.91 Å². The summed E-state index contributed by atoms with van der Waals surface area (Å²) in [6.45, 7) is 0.550. The Hall–Kier alpha value is -3.95. The Bertz CT molecular complexity index is 1490. The molecule has 3 aromatic heterocycles. The highest BCUT2D eigenvalue weighted by Gasteiger charge is 2.40. The number of fused-ring (bicyclic) bond motifs is 4. The van der Waals surface area contributed by atoms with Crippen molar-refractivity contribution in [3.05, 3.63) is 65.6 Å². The number of carbonyl (C=O) groups excluding carboxylic acids is 1. The summed E-state index contributed by atoms with van der Waals surface area (Å²) in [5.74, 6) is 0.440. The van der Waals surface area contributed by atoms with Gasteiger partial charge in [-0.15, -0.1) is 0 Å². The number of halogens is 3. The van der Waals surface area contributed by atoms with Crippen molar-refractivity contribution in [2.45, 2.75) is 25.1 Å². The molecule has 0 spiro atoms. The topological polar surface area (TPSA) is 94.2 Å². The molecule has 1 aromatic carbocycles. The smallest absolute Gasteiger partial charge is 0.433 e. The van der Waals surface area contributed by atoms with Crippen LogP contribution in [0.1, 0.15) is 40.5 Å². The molecule has 7 nitrogen and oxygen atoms in total. The van der Waals surface area contributed by atoms with Gasteiger partial charge in [-0.05, 0) is 55.2 Å². The molecular formula is C25H20F3N5O2. The lowest BCUT2D eigenvalue weighted by molar-refractivity contribution is -0.141. The Morgan fingerprint density at radius 3 is 2.69 bits per heavy atom. The summed E-state index contributed by atoms with van der Waals surface area (Å²) in [6.07, 6.45) is 0.769. The number of nitrogen functional groups attached to an aromatic ring is 1. The van der Waals surface area contributed by atoms with E-state index in [1.165, 1.54) is 6.07 Å². The fourth-order valence-electron chi connectivity index (χ4n) is 4.58. The maximum atomic E-state index is 13.8. The first-order valence-electron chi connectivity index (χ1n) is 11.2. The molecule has 35 heavy (non-hydrogen) atoms. The summed E-state index contributed by atoms with van der Waals surface area (Å²) in [7, 11) is 0. The quantitative estimate of drug-likeness (QED) is 0.424. The molecule has 1 unspecified atom stereocenters. The minimum absolute atomic E-state index is 0.0562. The van der Waals surface area contributed by atoms with Crippen LogP contribution in [0.4, 0.5) is 19.0 Å². The van der Waals surface area contributed by atoms with Crippen LogP contribution in [0.5, 0.6) is 5.88 Å². The summed E-state index contributed by atoms with van der Waals surface area (Å²) in [6, 6.07) is 8.77. The zero-order valence-corrected chi connectivity index (χ0v) is 18.4. The predicted octanol–water partition coefficient (Wildman–Crippen LogP) is 4.76. The van der Waals surface area contributed by atoms with Gasteiger partial charge < -0.3 is 15.4 Å². The predicted molar refractivity (Wildman–Crippen MR) is 123 cm³/mol. The van der Waals surface area contributed by atoms with Gasteiger partial charge in [0.15, 0.2) is 0 Å². The number of rotatable bonds is 4. The van der Waals surface area contributed by atoms with Crippen LogP contribution in [0.2, 0.25) is 0 Å². The van der Waals surface area contributed by atoms with Crippen LogP contribution in [-0.2, 0) is 6.18 Å². The van der Waals surface area contributed by atoms with E-state index in [1.807, 2.05) is 0 Å². The Morgan fingerprint density at radius 1 is 1.09 bits per heavy atom. The van der Waals surface area contributed by atoms with Crippen LogP contribution in [0.25, 0.3) is 21.7 Å². The van der Waals surface area contributed by atoms with Crippen LogP contribution in [0, 0.1) is 5.92 Å². The van der Waals surface area contributed by atoms with E-state index in [2.05, 4.69) is 15.0 Å². The molecule has 6 rings (SSSR count). The highest BCUT2D eigenvalue weighted by Crippen LogP contribution is 2.41. The first-order chi connectivity index (χ1) is 16.8. The monoisotopic (exact) mass is 479 g/mol. The van der Waals surface area contributed by atoms with Gasteiger partial charge in [-0.25, -0.2) is 9.97 Å². The van der Waals surface area contributed by atoms with Gasteiger partial charge in [-0.1, -0.05) is 0 Å². The molecule has 1 aliphatic heterocycles. The van der Waals surface area contributed by atoms with Gasteiger partial charge in [0.05, 0.1) is 11.6 Å². The van der Waals surface area contributed by atoms with Gasteiger partial charge in [-0.2, -0.15) is 13.2 Å². The fourth-order valence-corrected chi connectivity index (χ4v) is 4.58. The van der Waals surface area contributed by atoms with Gasteiger partial charge in [0.2, 0.25) is 5.88 Å². The summed E-state index contributed by atoms with van der Waals surface area (Å²) in [5, 5.41) is 2.28. The number of benzene rings is 1. The highest BCUT2D eigenvalue weighted by atomic mass is 19.4. The van der Waals surface area contributed by atoms with Crippen LogP contribution in [-0.4, -0.2) is 38.9 Å². The number of nitrogens with zero attached hydrogens (tertiary/aromatic N) is 4. The van der Waals surface area contributed by atoms with E-state index in [1.54, 1.807) is 41.6 Å². The number of aromatic nitrogens is 3. The first-order valence-corrected chi connectivity index (χ1v) is 11.2. The maximum Gasteiger partial charge on any atom is 0.433 e. The number of nitrogens with two attached hydrogens (primary N) is 1. The number of carbonyl (C=O) groups is 1. The summed E-state index contributed by atoms with van der Waals surface area (Å²) in [4.78, 5) is 27.8. The van der Waals surface area contributed by atoms with Gasteiger partial charge >= 0.3 is 6.18 Å². The average Bonchev–Trinajstić information content (AvgIpc) is 3.58. The second-order valence-corrected chi connectivity index (χ2v) is 8.97. The molecule has 1 atom stereocenters. The van der Waals surface area contributed by atoms with E-state index >= 15 is 0 Å². The first kappa shape index (κ1) is 21.6. The van der Waals surface area contributed by atoms with Gasteiger partial charge in [-0.3, -0.25) is 9.78 Å². The molecule has 1 aliphatic carbocycles. The Morgan fingerprint density at radius 2 is 1.91 bits per heavy atom. The molecule has 10 heteroatoms. The molecule has 0 bridgehead atoms. The molecule has 0 radical (unpaired) electrons. The molecular weight excluding hydrogens is 459 g/mol. The lowest BCUT2D eigenvalue weighted by Crippen LogP contribution is -2.37. The summed E-state index contributed by atoms with van der Waals surface area (Å²) < 4.78 is 44.8. The van der Waals surface area contributed by atoms with E-state index in [9.17, 15) is 18.0 Å². The van der Waals surface area contributed by atoms with Crippen molar-refractivity contribution in [3.63, 3.8) is 0 Å². The fraction of sp³-hybridized carbons (Fsp3) is 0.280. The van der Waals surface area contributed by atoms with Crippen molar-refractivity contribution in [2.24, 2.45) is 5.92 Å². The number of ether oxygens (including phenoxy) is 1. The zero-order valence-electron chi connectivity index (χ0n) is 18.4. The third kappa shape index (κ3) is 3.78. The minimum Gasteiger partial charge on any atom is -0.475 e. The van der Waals surface area contributed by atoms with E-state index in [4.69, 9.17) is 10.5 Å². The van der Waals surface area contributed by atoms with E-state index in [-0.39, 0.29) is 18.4 Å². The molecule has 178 valence electrons. The third-order valence-electron chi connectivity index (χ3n) is 6.58. The Labute approximate surface area is 197 Å². The number of hydrogen-bond acceptors (Lipinski definition) is 6. The van der Waals surface area contributed by atoms with Crippen molar-refractivity contribution in [2.75, 3.05) is 18.9 Å². The molecule has 1 amide bonds. The standard InChI is InChI=1S/C25H20F3N5O2/c26-25(27,28)21-6-4-16-20(12-35-23(16)32-21)33(11-13-1-2-13)24(34)14-3-5-19-17(9-14)18-10-30-8-7-15(18)22(29)31-19/h3-10,13,20H,1-2,11-12H2,(H2,29,31). The molecule has 2 N–H and O–H groups in total. The van der Waals surface area contributed by atoms with Crippen molar-refractivity contribution in [1.82, 2.24) is 19.9 Å². The van der Waals surface area contributed by atoms with E-state index < -0.39 is 17.9 Å². The number of pyridine rings is 3. The molecule has 1 saturated carbocycles. The van der Waals surface area contributed by atoms with Crippen LogP contribution in [0.15, 0.2) is 48.8 Å². The third-order valence-corrected chi connectivity index (χ3v) is 6.58.